The minimum absolute atomic E-state index is 0.0643. The average molecular weight is 227 g/mol. The number of carbonyl (C=O) groups is 1. The van der Waals surface area contributed by atoms with Gasteiger partial charge in [-0.15, -0.1) is 0 Å². The van der Waals surface area contributed by atoms with E-state index >= 15 is 0 Å². The van der Waals surface area contributed by atoms with Crippen LogP contribution < -0.4 is 11.1 Å². The van der Waals surface area contributed by atoms with Gasteiger partial charge in [-0.05, 0) is 25.2 Å². The molecule has 0 aromatic carbocycles. The van der Waals surface area contributed by atoms with Crippen molar-refractivity contribution in [2.45, 2.75) is 33.2 Å². The second-order valence-corrected chi connectivity index (χ2v) is 5.34. The fourth-order valence-corrected chi connectivity index (χ4v) is 2.71. The molecule has 3 atom stereocenters. The summed E-state index contributed by atoms with van der Waals surface area (Å²) in [5.74, 6) is 1.47. The lowest BCUT2D eigenvalue weighted by Crippen LogP contribution is -2.48. The third-order valence-corrected chi connectivity index (χ3v) is 3.07. The van der Waals surface area contributed by atoms with Crippen LogP contribution in [-0.2, 0) is 4.79 Å². The summed E-state index contributed by atoms with van der Waals surface area (Å²) in [5, 5.41) is 2.90. The molecule has 0 aromatic heterocycles. The average Bonchev–Trinajstić information content (AvgIpc) is 2.15. The molecule has 1 heterocycles. The Morgan fingerprint density at radius 3 is 2.50 bits per heavy atom. The molecule has 0 bridgehead atoms. The van der Waals surface area contributed by atoms with E-state index in [1.54, 1.807) is 0 Å². The molecule has 1 amide bonds. The topological polar surface area (TPSA) is 58.4 Å². The number of carbonyl (C=O) groups excluding carboxylic acids is 1. The number of piperidine rings is 1. The highest BCUT2D eigenvalue weighted by Gasteiger charge is 2.22. The van der Waals surface area contributed by atoms with E-state index in [1.165, 1.54) is 6.42 Å². The molecule has 1 rings (SSSR count). The Labute approximate surface area is 98.6 Å². The number of nitrogens with zero attached hydrogens (tertiary/aromatic N) is 1. The van der Waals surface area contributed by atoms with E-state index in [0.717, 1.165) is 31.5 Å². The third-order valence-electron chi connectivity index (χ3n) is 3.07. The SMILES string of the molecule is CC1CC(C)CN(CC(C)NC(=O)CN)C1. The fourth-order valence-electron chi connectivity index (χ4n) is 2.71. The van der Waals surface area contributed by atoms with Gasteiger partial charge in [-0.2, -0.15) is 0 Å². The van der Waals surface area contributed by atoms with E-state index in [2.05, 4.69) is 24.1 Å². The van der Waals surface area contributed by atoms with Crippen LogP contribution in [0.3, 0.4) is 0 Å². The van der Waals surface area contributed by atoms with Crippen molar-refractivity contribution in [3.8, 4) is 0 Å². The van der Waals surface area contributed by atoms with Crippen LogP contribution in [-0.4, -0.2) is 43.0 Å². The Morgan fingerprint density at radius 2 is 2.00 bits per heavy atom. The van der Waals surface area contributed by atoms with Crippen LogP contribution in [0.25, 0.3) is 0 Å². The molecular formula is C12H25N3O. The first kappa shape index (κ1) is 13.5. The van der Waals surface area contributed by atoms with E-state index in [-0.39, 0.29) is 18.5 Å². The van der Waals surface area contributed by atoms with Crippen molar-refractivity contribution in [3.63, 3.8) is 0 Å². The molecule has 0 radical (unpaired) electrons. The van der Waals surface area contributed by atoms with Crippen LogP contribution in [0.4, 0.5) is 0 Å². The monoisotopic (exact) mass is 227 g/mol. The largest absolute Gasteiger partial charge is 0.351 e. The summed E-state index contributed by atoms with van der Waals surface area (Å²) in [7, 11) is 0. The van der Waals surface area contributed by atoms with Crippen LogP contribution in [0.1, 0.15) is 27.2 Å². The first-order valence-electron chi connectivity index (χ1n) is 6.23. The summed E-state index contributed by atoms with van der Waals surface area (Å²) in [6, 6.07) is 0.188. The normalized spacial score (nSPS) is 28.8. The maximum Gasteiger partial charge on any atom is 0.233 e. The Bertz CT molecular complexity index is 222. The molecule has 0 saturated carbocycles. The number of hydrogen-bond donors (Lipinski definition) is 2. The van der Waals surface area contributed by atoms with E-state index in [1.807, 2.05) is 6.92 Å². The summed E-state index contributed by atoms with van der Waals surface area (Å²) in [6.45, 7) is 9.94. The molecule has 1 saturated heterocycles. The Balaban J connectivity index is 2.32. The zero-order valence-corrected chi connectivity index (χ0v) is 10.7. The first-order valence-corrected chi connectivity index (χ1v) is 6.23. The van der Waals surface area contributed by atoms with Crippen molar-refractivity contribution < 1.29 is 4.79 Å². The van der Waals surface area contributed by atoms with Gasteiger partial charge in [-0.25, -0.2) is 0 Å². The molecule has 94 valence electrons. The van der Waals surface area contributed by atoms with Crippen LogP contribution in [0.15, 0.2) is 0 Å². The number of nitrogens with two attached hydrogens (primary N) is 1. The van der Waals surface area contributed by atoms with Crippen molar-refractivity contribution in [2.75, 3.05) is 26.2 Å². The molecule has 16 heavy (non-hydrogen) atoms. The third kappa shape index (κ3) is 4.49. The Kier molecular flexibility index (Phi) is 5.22. The van der Waals surface area contributed by atoms with Crippen molar-refractivity contribution in [1.82, 2.24) is 10.2 Å². The number of hydrogen-bond acceptors (Lipinski definition) is 3. The van der Waals surface area contributed by atoms with Gasteiger partial charge in [0.2, 0.25) is 5.91 Å². The van der Waals surface area contributed by atoms with E-state index in [9.17, 15) is 4.79 Å². The van der Waals surface area contributed by atoms with Gasteiger partial charge in [0.1, 0.15) is 0 Å². The predicted octanol–water partition coefficient (Wildman–Crippen LogP) is 0.428. The van der Waals surface area contributed by atoms with Crippen LogP contribution in [0, 0.1) is 11.8 Å². The van der Waals surface area contributed by atoms with Gasteiger partial charge in [0.25, 0.3) is 0 Å². The second kappa shape index (κ2) is 6.21. The van der Waals surface area contributed by atoms with Crippen molar-refractivity contribution in [1.29, 1.82) is 0 Å². The number of likely N-dealkylation sites (tertiary alicyclic amines) is 1. The molecule has 0 spiro atoms. The van der Waals surface area contributed by atoms with Gasteiger partial charge in [0.15, 0.2) is 0 Å². The predicted molar refractivity (Wildman–Crippen MR) is 66.0 cm³/mol. The quantitative estimate of drug-likeness (QED) is 0.732. The Morgan fingerprint density at radius 1 is 1.44 bits per heavy atom. The van der Waals surface area contributed by atoms with E-state index in [0.29, 0.717) is 0 Å². The molecular weight excluding hydrogens is 202 g/mol. The lowest BCUT2D eigenvalue weighted by Gasteiger charge is -2.36. The van der Waals surface area contributed by atoms with Crippen molar-refractivity contribution in [3.05, 3.63) is 0 Å². The highest BCUT2D eigenvalue weighted by atomic mass is 16.1. The zero-order valence-electron chi connectivity index (χ0n) is 10.7. The van der Waals surface area contributed by atoms with Gasteiger partial charge in [0.05, 0.1) is 6.54 Å². The molecule has 3 unspecified atom stereocenters. The molecule has 4 heteroatoms. The lowest BCUT2D eigenvalue weighted by atomic mass is 9.92. The maximum absolute atomic E-state index is 11.1. The number of amides is 1. The zero-order chi connectivity index (χ0) is 12.1. The smallest absolute Gasteiger partial charge is 0.233 e. The second-order valence-electron chi connectivity index (χ2n) is 5.34. The van der Waals surface area contributed by atoms with Crippen LogP contribution >= 0.6 is 0 Å². The minimum Gasteiger partial charge on any atom is -0.351 e. The van der Waals surface area contributed by atoms with E-state index in [4.69, 9.17) is 5.73 Å². The summed E-state index contributed by atoms with van der Waals surface area (Å²) in [6.07, 6.45) is 1.32. The Hall–Kier alpha value is -0.610. The van der Waals surface area contributed by atoms with Gasteiger partial charge in [0, 0.05) is 25.7 Å². The lowest BCUT2D eigenvalue weighted by molar-refractivity contribution is -0.120. The first-order chi connectivity index (χ1) is 7.51. The number of nitrogens with one attached hydrogen (secondary N) is 1. The molecule has 3 N–H and O–H groups in total. The van der Waals surface area contributed by atoms with Gasteiger partial charge >= 0.3 is 0 Å². The minimum atomic E-state index is -0.0643. The summed E-state index contributed by atoms with van der Waals surface area (Å²) in [4.78, 5) is 13.6. The van der Waals surface area contributed by atoms with E-state index < -0.39 is 0 Å². The summed E-state index contributed by atoms with van der Waals surface area (Å²) < 4.78 is 0. The van der Waals surface area contributed by atoms with Crippen molar-refractivity contribution >= 4 is 5.91 Å². The summed E-state index contributed by atoms with van der Waals surface area (Å²) >= 11 is 0. The standard InChI is InChI=1S/C12H25N3O/c1-9-4-10(2)7-15(6-9)8-11(3)14-12(16)5-13/h9-11H,4-8,13H2,1-3H3,(H,14,16). The van der Waals surface area contributed by atoms with Gasteiger partial charge in [-0.3, -0.25) is 4.79 Å². The van der Waals surface area contributed by atoms with Gasteiger partial charge < -0.3 is 16.0 Å². The molecule has 0 aliphatic carbocycles. The molecule has 1 fully saturated rings. The number of rotatable bonds is 4. The van der Waals surface area contributed by atoms with Crippen LogP contribution in [0.2, 0.25) is 0 Å². The molecule has 1 aliphatic heterocycles. The molecule has 0 aromatic rings. The highest BCUT2D eigenvalue weighted by molar-refractivity contribution is 5.78. The highest BCUT2D eigenvalue weighted by Crippen LogP contribution is 2.20. The van der Waals surface area contributed by atoms with Crippen LogP contribution in [0.5, 0.6) is 0 Å². The molecule has 1 aliphatic rings. The van der Waals surface area contributed by atoms with Gasteiger partial charge in [-0.1, -0.05) is 13.8 Å². The van der Waals surface area contributed by atoms with Crippen molar-refractivity contribution in [2.24, 2.45) is 17.6 Å². The molecule has 4 nitrogen and oxygen atoms in total. The fraction of sp³-hybridized carbons (Fsp3) is 0.917. The maximum atomic E-state index is 11.1. The summed E-state index contributed by atoms with van der Waals surface area (Å²) in [5.41, 5.74) is 5.27.